The Kier molecular flexibility index (Phi) is 3.65. The van der Waals surface area contributed by atoms with E-state index in [0.717, 1.165) is 5.75 Å². The molecule has 1 rings (SSSR count). The van der Waals surface area contributed by atoms with E-state index in [-0.39, 0.29) is 11.9 Å². The summed E-state index contributed by atoms with van der Waals surface area (Å²) in [4.78, 5) is 24.4. The molecule has 1 N–H and O–H groups in total. The smallest absolute Gasteiger partial charge is 0.330 e. The number of nitrogens with zero attached hydrogens (tertiary/aromatic N) is 1. The van der Waals surface area contributed by atoms with Gasteiger partial charge in [0.2, 0.25) is 5.91 Å². The van der Waals surface area contributed by atoms with Crippen molar-refractivity contribution in [3.8, 4) is 0 Å². The molecule has 0 bridgehead atoms. The molecule has 15 heavy (non-hydrogen) atoms. The first-order valence-corrected chi connectivity index (χ1v) is 6.18. The summed E-state index contributed by atoms with van der Waals surface area (Å²) in [5.74, 6) is 0.273. The van der Waals surface area contributed by atoms with Crippen LogP contribution in [-0.2, 0) is 9.59 Å². The summed E-state index contributed by atoms with van der Waals surface area (Å²) in [6, 6.07) is -0.0719. The summed E-state index contributed by atoms with van der Waals surface area (Å²) in [5, 5.41) is 9.32. The third-order valence-corrected chi connectivity index (χ3v) is 3.89. The highest BCUT2D eigenvalue weighted by atomic mass is 32.2. The van der Waals surface area contributed by atoms with Crippen LogP contribution in [0.25, 0.3) is 0 Å². The minimum Gasteiger partial charge on any atom is -0.479 e. The lowest BCUT2D eigenvalue weighted by atomic mass is 9.94. The fourth-order valence-electron chi connectivity index (χ4n) is 2.18. The molecule has 1 aliphatic rings. The predicted molar refractivity (Wildman–Crippen MR) is 60.0 cm³/mol. The molecule has 0 aromatic rings. The van der Waals surface area contributed by atoms with E-state index in [0.29, 0.717) is 12.2 Å². The summed E-state index contributed by atoms with van der Waals surface area (Å²) < 4.78 is 0. The lowest BCUT2D eigenvalue weighted by Crippen LogP contribution is -2.59. The number of thioether (sulfide) groups is 1. The maximum atomic E-state index is 11.5. The van der Waals surface area contributed by atoms with E-state index in [1.807, 2.05) is 13.8 Å². The fourth-order valence-corrected chi connectivity index (χ4v) is 3.55. The third-order valence-electron chi connectivity index (χ3n) is 2.72. The highest BCUT2D eigenvalue weighted by Crippen LogP contribution is 2.35. The molecule has 1 heterocycles. The molecule has 0 spiro atoms. The second kappa shape index (κ2) is 4.43. The Morgan fingerprint density at radius 1 is 1.47 bits per heavy atom. The van der Waals surface area contributed by atoms with Crippen LogP contribution in [0.5, 0.6) is 0 Å². The van der Waals surface area contributed by atoms with Gasteiger partial charge in [0.15, 0.2) is 5.54 Å². The topological polar surface area (TPSA) is 57.6 Å². The van der Waals surface area contributed by atoms with Crippen molar-refractivity contribution >= 4 is 23.6 Å². The van der Waals surface area contributed by atoms with E-state index in [1.165, 1.54) is 11.8 Å². The summed E-state index contributed by atoms with van der Waals surface area (Å²) in [6.45, 7) is 5.15. The first-order chi connectivity index (χ1) is 6.92. The minimum absolute atomic E-state index is 0.0719. The van der Waals surface area contributed by atoms with Gasteiger partial charge in [0.25, 0.3) is 0 Å². The molecular weight excluding hydrogens is 214 g/mol. The second-order valence-electron chi connectivity index (χ2n) is 4.12. The molecular formula is C10H17NO3S. The Labute approximate surface area is 94.0 Å². The molecule has 1 aliphatic heterocycles. The van der Waals surface area contributed by atoms with Crippen molar-refractivity contribution < 1.29 is 14.7 Å². The van der Waals surface area contributed by atoms with Crippen LogP contribution in [0.4, 0.5) is 0 Å². The molecule has 0 aromatic heterocycles. The highest BCUT2D eigenvalue weighted by Gasteiger charge is 2.49. The number of rotatable bonds is 3. The molecule has 1 fully saturated rings. The number of carbonyl (C=O) groups is 2. The van der Waals surface area contributed by atoms with Gasteiger partial charge in [-0.3, -0.25) is 4.79 Å². The van der Waals surface area contributed by atoms with E-state index in [1.54, 1.807) is 11.8 Å². The lowest BCUT2D eigenvalue weighted by molar-refractivity contribution is -0.158. The SMILES string of the molecule is CC(=O)N(C(C)C)C1(C(=O)O)CCSC1. The average molecular weight is 231 g/mol. The summed E-state index contributed by atoms with van der Waals surface area (Å²) in [5.41, 5.74) is -0.981. The molecule has 1 atom stereocenters. The number of hydrogen-bond acceptors (Lipinski definition) is 3. The quantitative estimate of drug-likeness (QED) is 0.793. The second-order valence-corrected chi connectivity index (χ2v) is 5.23. The van der Waals surface area contributed by atoms with Gasteiger partial charge < -0.3 is 10.0 Å². The van der Waals surface area contributed by atoms with Gasteiger partial charge in [0.1, 0.15) is 0 Å². The molecule has 5 heteroatoms. The third kappa shape index (κ3) is 2.12. The van der Waals surface area contributed by atoms with Crippen LogP contribution < -0.4 is 0 Å². The van der Waals surface area contributed by atoms with E-state index in [9.17, 15) is 14.7 Å². The van der Waals surface area contributed by atoms with Gasteiger partial charge in [-0.2, -0.15) is 11.8 Å². The van der Waals surface area contributed by atoms with E-state index in [4.69, 9.17) is 0 Å². The van der Waals surface area contributed by atoms with Crippen LogP contribution in [0, 0.1) is 0 Å². The zero-order valence-corrected chi connectivity index (χ0v) is 10.1. The highest BCUT2D eigenvalue weighted by molar-refractivity contribution is 7.99. The number of carboxylic acid groups (broad SMARTS) is 1. The molecule has 0 aliphatic carbocycles. The van der Waals surface area contributed by atoms with Crippen LogP contribution in [0.2, 0.25) is 0 Å². The number of carboxylic acids is 1. The van der Waals surface area contributed by atoms with E-state index >= 15 is 0 Å². The van der Waals surface area contributed by atoms with Gasteiger partial charge in [-0.1, -0.05) is 0 Å². The number of aliphatic carboxylic acids is 1. The zero-order valence-electron chi connectivity index (χ0n) is 9.32. The Balaban J connectivity index is 3.05. The summed E-state index contributed by atoms with van der Waals surface area (Å²) in [7, 11) is 0. The van der Waals surface area contributed by atoms with Crippen LogP contribution >= 0.6 is 11.8 Å². The van der Waals surface area contributed by atoms with Crippen LogP contribution in [0.3, 0.4) is 0 Å². The van der Waals surface area contributed by atoms with Gasteiger partial charge >= 0.3 is 5.97 Å². The minimum atomic E-state index is -0.981. The normalized spacial score (nSPS) is 25.6. The van der Waals surface area contributed by atoms with Crippen molar-refractivity contribution in [3.63, 3.8) is 0 Å². The molecule has 86 valence electrons. The Morgan fingerprint density at radius 2 is 2.07 bits per heavy atom. The van der Waals surface area contributed by atoms with Crippen molar-refractivity contribution in [2.75, 3.05) is 11.5 Å². The lowest BCUT2D eigenvalue weighted by Gasteiger charge is -2.39. The van der Waals surface area contributed by atoms with Gasteiger partial charge in [-0.05, 0) is 26.0 Å². The molecule has 0 saturated carbocycles. The molecule has 0 radical (unpaired) electrons. The molecule has 0 aromatic carbocycles. The van der Waals surface area contributed by atoms with Crippen molar-refractivity contribution in [3.05, 3.63) is 0 Å². The van der Waals surface area contributed by atoms with Crippen LogP contribution in [-0.4, -0.2) is 45.0 Å². The Hall–Kier alpha value is -0.710. The monoisotopic (exact) mass is 231 g/mol. The Bertz CT molecular complexity index is 272. The standard InChI is InChI=1S/C10H17NO3S/c1-7(2)11(8(3)12)10(9(13)14)4-5-15-6-10/h7H,4-6H2,1-3H3,(H,13,14). The number of carbonyl (C=O) groups excluding carboxylic acids is 1. The van der Waals surface area contributed by atoms with Gasteiger partial charge in [-0.25, -0.2) is 4.79 Å². The first kappa shape index (κ1) is 12.4. The van der Waals surface area contributed by atoms with Crippen LogP contribution in [0.1, 0.15) is 27.2 Å². The largest absolute Gasteiger partial charge is 0.479 e. The maximum Gasteiger partial charge on any atom is 0.330 e. The van der Waals surface area contributed by atoms with Crippen molar-refractivity contribution in [1.82, 2.24) is 4.90 Å². The van der Waals surface area contributed by atoms with Crippen molar-refractivity contribution in [2.45, 2.75) is 38.8 Å². The summed E-state index contributed by atoms with van der Waals surface area (Å²) >= 11 is 1.60. The predicted octanol–water partition coefficient (Wildman–Crippen LogP) is 1.20. The fraction of sp³-hybridized carbons (Fsp3) is 0.800. The molecule has 1 unspecified atom stereocenters. The molecule has 1 saturated heterocycles. The van der Waals surface area contributed by atoms with Gasteiger partial charge in [-0.15, -0.1) is 0 Å². The van der Waals surface area contributed by atoms with Crippen molar-refractivity contribution in [1.29, 1.82) is 0 Å². The number of hydrogen-bond donors (Lipinski definition) is 1. The van der Waals surface area contributed by atoms with Crippen molar-refractivity contribution in [2.24, 2.45) is 0 Å². The van der Waals surface area contributed by atoms with Gasteiger partial charge in [0, 0.05) is 18.7 Å². The van der Waals surface area contributed by atoms with Crippen LogP contribution in [0.15, 0.2) is 0 Å². The summed E-state index contributed by atoms with van der Waals surface area (Å²) in [6.07, 6.45) is 0.546. The maximum absolute atomic E-state index is 11.5. The van der Waals surface area contributed by atoms with Gasteiger partial charge in [0.05, 0.1) is 0 Å². The molecule has 1 amide bonds. The van der Waals surface area contributed by atoms with E-state index < -0.39 is 11.5 Å². The Morgan fingerprint density at radius 3 is 2.33 bits per heavy atom. The zero-order chi connectivity index (χ0) is 11.6. The average Bonchev–Trinajstić information content (AvgIpc) is 2.52. The number of amides is 1. The molecule has 4 nitrogen and oxygen atoms in total. The van der Waals surface area contributed by atoms with E-state index in [2.05, 4.69) is 0 Å². The first-order valence-electron chi connectivity index (χ1n) is 5.03.